The number of rotatable bonds is 11. The van der Waals surface area contributed by atoms with E-state index in [-0.39, 0.29) is 48.1 Å². The maximum Gasteiger partial charge on any atom is 0.274 e. The summed E-state index contributed by atoms with van der Waals surface area (Å²) < 4.78 is 0. The van der Waals surface area contributed by atoms with Gasteiger partial charge in [0.15, 0.2) is 0 Å². The first-order chi connectivity index (χ1) is 21.2. The minimum Gasteiger partial charge on any atom is -0.348 e. The van der Waals surface area contributed by atoms with Gasteiger partial charge in [-0.2, -0.15) is 0 Å². The van der Waals surface area contributed by atoms with Crippen molar-refractivity contribution in [2.24, 2.45) is 0 Å². The highest BCUT2D eigenvalue weighted by Crippen LogP contribution is 2.34. The number of benzene rings is 2. The fourth-order valence-corrected chi connectivity index (χ4v) is 4.35. The summed E-state index contributed by atoms with van der Waals surface area (Å²) >= 11 is 0. The van der Waals surface area contributed by atoms with Crippen LogP contribution in [0.2, 0.25) is 0 Å². The molecule has 4 rings (SSSR count). The number of nitrogens with one attached hydrogen (secondary N) is 4. The SMILES string of the molecule is C=CC(=O)NCc1ccc(C(=O)Nc2cccc(-c3cccc(NC(=O)c4ccc(CNC(=O)C=C)cn4)c3C)c2C)nc1. The Kier molecular flexibility index (Phi) is 10.1. The maximum absolute atomic E-state index is 13.0. The van der Waals surface area contributed by atoms with Crippen LogP contribution in [0.1, 0.15) is 43.2 Å². The van der Waals surface area contributed by atoms with Gasteiger partial charge in [-0.25, -0.2) is 0 Å². The molecule has 2 aromatic heterocycles. The number of nitrogens with zero attached hydrogens (tertiary/aromatic N) is 2. The lowest BCUT2D eigenvalue weighted by atomic mass is 9.94. The summed E-state index contributed by atoms with van der Waals surface area (Å²) in [7, 11) is 0. The Morgan fingerprint density at radius 1 is 0.636 bits per heavy atom. The van der Waals surface area contributed by atoms with E-state index in [1.807, 2.05) is 50.2 Å². The minimum absolute atomic E-state index is 0.234. The molecule has 0 spiro atoms. The van der Waals surface area contributed by atoms with Gasteiger partial charge in [-0.3, -0.25) is 29.1 Å². The average Bonchev–Trinajstić information content (AvgIpc) is 3.05. The van der Waals surface area contributed by atoms with E-state index in [0.717, 1.165) is 33.4 Å². The number of amides is 4. The molecular formula is C34H32N6O4. The molecule has 0 fully saturated rings. The number of hydrogen-bond donors (Lipinski definition) is 4. The molecule has 0 aliphatic carbocycles. The van der Waals surface area contributed by atoms with Gasteiger partial charge in [-0.05, 0) is 83.6 Å². The maximum atomic E-state index is 13.0. The quantitative estimate of drug-likeness (QED) is 0.184. The Morgan fingerprint density at radius 3 is 1.39 bits per heavy atom. The van der Waals surface area contributed by atoms with Crippen molar-refractivity contribution in [3.05, 3.63) is 132 Å². The standard InChI is InChI=1S/C34H32N6O4/c1-5-31(41)37-19-23-13-15-29(35-17-23)33(43)39-27-11-7-9-25(21(27)3)26-10-8-12-28(22(26)4)40-34(44)30-16-14-24(18-36-30)20-38-32(42)6-2/h5-18H,1-2,19-20H2,3-4H3,(H,37,41)(H,38,42)(H,39,43)(H,40,44). The summed E-state index contributed by atoms with van der Waals surface area (Å²) in [4.78, 5) is 57.2. The van der Waals surface area contributed by atoms with Crippen LogP contribution in [-0.2, 0) is 22.7 Å². The van der Waals surface area contributed by atoms with Crippen molar-refractivity contribution in [3.63, 3.8) is 0 Å². The van der Waals surface area contributed by atoms with E-state index in [1.54, 1.807) is 36.7 Å². The van der Waals surface area contributed by atoms with Crippen molar-refractivity contribution >= 4 is 35.0 Å². The lowest BCUT2D eigenvalue weighted by Gasteiger charge is -2.17. The highest BCUT2D eigenvalue weighted by atomic mass is 16.2. The topological polar surface area (TPSA) is 142 Å². The predicted octanol–water partition coefficient (Wildman–Crippen LogP) is 4.87. The molecule has 44 heavy (non-hydrogen) atoms. The zero-order valence-electron chi connectivity index (χ0n) is 24.4. The molecule has 222 valence electrons. The molecule has 2 heterocycles. The molecule has 0 unspecified atom stereocenters. The van der Waals surface area contributed by atoms with E-state index < -0.39 is 0 Å². The van der Waals surface area contributed by atoms with Crippen molar-refractivity contribution in [3.8, 4) is 11.1 Å². The number of hydrogen-bond acceptors (Lipinski definition) is 6. The second-order valence-corrected chi connectivity index (χ2v) is 9.81. The van der Waals surface area contributed by atoms with Crippen molar-refractivity contribution in [1.82, 2.24) is 20.6 Å². The lowest BCUT2D eigenvalue weighted by Crippen LogP contribution is -2.20. The second-order valence-electron chi connectivity index (χ2n) is 9.81. The van der Waals surface area contributed by atoms with E-state index in [4.69, 9.17) is 0 Å². The summed E-state index contributed by atoms with van der Waals surface area (Å²) in [6.45, 7) is 11.2. The summed E-state index contributed by atoms with van der Waals surface area (Å²) in [5.41, 5.74) is 6.68. The van der Waals surface area contributed by atoms with Crippen LogP contribution >= 0.6 is 0 Å². The molecule has 10 heteroatoms. The van der Waals surface area contributed by atoms with Gasteiger partial charge in [0.1, 0.15) is 11.4 Å². The number of aromatic nitrogens is 2. The fourth-order valence-electron chi connectivity index (χ4n) is 4.35. The van der Waals surface area contributed by atoms with Gasteiger partial charge in [-0.15, -0.1) is 0 Å². The van der Waals surface area contributed by atoms with Gasteiger partial charge >= 0.3 is 0 Å². The predicted molar refractivity (Wildman–Crippen MR) is 170 cm³/mol. The van der Waals surface area contributed by atoms with Crippen LogP contribution in [0.15, 0.2) is 98.4 Å². The second kappa shape index (κ2) is 14.3. The third-order valence-electron chi connectivity index (χ3n) is 6.87. The van der Waals surface area contributed by atoms with Crippen molar-refractivity contribution in [2.45, 2.75) is 26.9 Å². The average molecular weight is 589 g/mol. The normalized spacial score (nSPS) is 10.3. The van der Waals surface area contributed by atoms with E-state index in [0.29, 0.717) is 11.4 Å². The van der Waals surface area contributed by atoms with Gasteiger partial charge in [0.25, 0.3) is 11.8 Å². The molecule has 0 saturated heterocycles. The zero-order chi connectivity index (χ0) is 31.6. The molecule has 0 atom stereocenters. The molecule has 4 amide bonds. The van der Waals surface area contributed by atoms with E-state index in [1.165, 1.54) is 12.2 Å². The number of carbonyl (C=O) groups excluding carboxylic acids is 4. The van der Waals surface area contributed by atoms with Gasteiger partial charge in [0.2, 0.25) is 11.8 Å². The Morgan fingerprint density at radius 2 is 1.05 bits per heavy atom. The summed E-state index contributed by atoms with van der Waals surface area (Å²) in [5, 5.41) is 11.2. The van der Waals surface area contributed by atoms with E-state index in [2.05, 4.69) is 44.4 Å². The summed E-state index contributed by atoms with van der Waals surface area (Å²) in [6, 6.07) is 17.9. The van der Waals surface area contributed by atoms with Crippen LogP contribution < -0.4 is 21.3 Å². The van der Waals surface area contributed by atoms with Crippen LogP contribution in [0.3, 0.4) is 0 Å². The molecule has 0 aliphatic rings. The van der Waals surface area contributed by atoms with Gasteiger partial charge in [-0.1, -0.05) is 49.6 Å². The van der Waals surface area contributed by atoms with Gasteiger partial charge in [0, 0.05) is 36.9 Å². The first-order valence-corrected chi connectivity index (χ1v) is 13.7. The Balaban J connectivity index is 1.47. The highest BCUT2D eigenvalue weighted by Gasteiger charge is 2.16. The molecule has 10 nitrogen and oxygen atoms in total. The first-order valence-electron chi connectivity index (χ1n) is 13.7. The van der Waals surface area contributed by atoms with Crippen LogP contribution in [0, 0.1) is 13.8 Å². The Bertz CT molecular complexity index is 1600. The number of anilines is 2. The molecule has 0 bridgehead atoms. The van der Waals surface area contributed by atoms with E-state index in [9.17, 15) is 19.2 Å². The monoisotopic (exact) mass is 588 g/mol. The first kappa shape index (κ1) is 31.0. The van der Waals surface area contributed by atoms with Crippen molar-refractivity contribution in [1.29, 1.82) is 0 Å². The van der Waals surface area contributed by atoms with Gasteiger partial charge < -0.3 is 21.3 Å². The van der Waals surface area contributed by atoms with Crippen LogP contribution in [0.4, 0.5) is 11.4 Å². The lowest BCUT2D eigenvalue weighted by molar-refractivity contribution is -0.117. The zero-order valence-corrected chi connectivity index (χ0v) is 24.4. The van der Waals surface area contributed by atoms with Crippen LogP contribution in [-0.4, -0.2) is 33.6 Å². The minimum atomic E-state index is -0.369. The van der Waals surface area contributed by atoms with Gasteiger partial charge in [0.05, 0.1) is 0 Å². The molecular weight excluding hydrogens is 556 g/mol. The third-order valence-corrected chi connectivity index (χ3v) is 6.87. The number of carbonyl (C=O) groups is 4. The smallest absolute Gasteiger partial charge is 0.274 e. The Labute approximate surface area is 255 Å². The molecule has 2 aromatic carbocycles. The highest BCUT2D eigenvalue weighted by molar-refractivity contribution is 6.05. The summed E-state index contributed by atoms with van der Waals surface area (Å²) in [6.07, 6.45) is 5.46. The Hall–Kier alpha value is -5.90. The van der Waals surface area contributed by atoms with Crippen LogP contribution in [0.25, 0.3) is 11.1 Å². The molecule has 4 N–H and O–H groups in total. The molecule has 4 aromatic rings. The summed E-state index contributed by atoms with van der Waals surface area (Å²) in [5.74, 6) is -1.32. The molecule has 0 saturated carbocycles. The third kappa shape index (κ3) is 7.68. The largest absolute Gasteiger partial charge is 0.348 e. The fraction of sp³-hybridized carbons (Fsp3) is 0.118. The molecule has 0 aliphatic heterocycles. The van der Waals surface area contributed by atoms with E-state index >= 15 is 0 Å². The number of pyridine rings is 2. The van der Waals surface area contributed by atoms with Crippen molar-refractivity contribution in [2.75, 3.05) is 10.6 Å². The van der Waals surface area contributed by atoms with Crippen molar-refractivity contribution < 1.29 is 19.2 Å². The van der Waals surface area contributed by atoms with Crippen LogP contribution in [0.5, 0.6) is 0 Å². The molecule has 0 radical (unpaired) electrons.